The van der Waals surface area contributed by atoms with Crippen molar-refractivity contribution in [3.8, 4) is 0 Å². The molecule has 0 aromatic heterocycles. The van der Waals surface area contributed by atoms with Crippen LogP contribution in [0.15, 0.2) is 0 Å². The predicted octanol–water partition coefficient (Wildman–Crippen LogP) is 0.247. The van der Waals surface area contributed by atoms with Gasteiger partial charge in [-0.15, -0.1) is 0 Å². The molecule has 0 spiro atoms. The van der Waals surface area contributed by atoms with Gasteiger partial charge < -0.3 is 15.4 Å². The number of carbonyl (C=O) groups excluding carboxylic acids is 2. The Hall–Kier alpha value is -1.15. The van der Waals surface area contributed by atoms with E-state index in [1.54, 1.807) is 6.92 Å². The van der Waals surface area contributed by atoms with Crippen LogP contribution in [0.3, 0.4) is 0 Å². The molecule has 0 aromatic carbocycles. The lowest BCUT2D eigenvalue weighted by molar-refractivity contribution is -0.132. The molecule has 0 radical (unpaired) electrons. The summed E-state index contributed by atoms with van der Waals surface area (Å²) in [5.41, 5.74) is 0. The van der Waals surface area contributed by atoms with Crippen LogP contribution in [0.4, 0.5) is 0 Å². The first-order chi connectivity index (χ1) is 10.7. The number of ether oxygens (including phenoxy) is 1. The van der Waals surface area contributed by atoms with Gasteiger partial charge in [0.15, 0.2) is 9.84 Å². The van der Waals surface area contributed by atoms with Crippen molar-refractivity contribution in [1.29, 1.82) is 0 Å². The minimum Gasteiger partial charge on any atom is -0.369 e. The van der Waals surface area contributed by atoms with E-state index in [1.165, 1.54) is 0 Å². The Morgan fingerprint density at radius 2 is 1.96 bits per heavy atom. The van der Waals surface area contributed by atoms with Gasteiger partial charge in [-0.25, -0.2) is 8.42 Å². The number of hydrogen-bond acceptors (Lipinski definition) is 5. The fraction of sp³-hybridized carbons (Fsp3) is 0.867. The summed E-state index contributed by atoms with van der Waals surface area (Å²) in [7, 11) is -3.00. The second kappa shape index (κ2) is 9.22. The van der Waals surface area contributed by atoms with Gasteiger partial charge in [0.2, 0.25) is 11.8 Å². The summed E-state index contributed by atoms with van der Waals surface area (Å²) < 4.78 is 28.0. The van der Waals surface area contributed by atoms with Crippen LogP contribution >= 0.6 is 0 Å². The van der Waals surface area contributed by atoms with E-state index in [2.05, 4.69) is 24.5 Å². The summed E-state index contributed by atoms with van der Waals surface area (Å²) in [6.07, 6.45) is 0.934. The molecule has 1 aliphatic heterocycles. The van der Waals surface area contributed by atoms with E-state index in [-0.39, 0.29) is 42.3 Å². The highest BCUT2D eigenvalue weighted by molar-refractivity contribution is 7.91. The molecule has 2 amide bonds. The highest BCUT2D eigenvalue weighted by atomic mass is 32.2. The van der Waals surface area contributed by atoms with Crippen LogP contribution in [-0.2, 0) is 24.2 Å². The van der Waals surface area contributed by atoms with E-state index in [1.807, 2.05) is 0 Å². The van der Waals surface area contributed by atoms with Crippen LogP contribution in [0.2, 0.25) is 0 Å². The normalized spacial score (nSPS) is 21.1. The third-order valence-corrected chi connectivity index (χ3v) is 5.45. The Bertz CT molecular complexity index is 504. The number of carbonyl (C=O) groups is 2. The van der Waals surface area contributed by atoms with E-state index >= 15 is 0 Å². The molecular weight excluding hydrogens is 320 g/mol. The van der Waals surface area contributed by atoms with Crippen LogP contribution < -0.4 is 10.6 Å². The monoisotopic (exact) mass is 348 g/mol. The van der Waals surface area contributed by atoms with Gasteiger partial charge in [0.05, 0.1) is 11.5 Å². The van der Waals surface area contributed by atoms with Crippen molar-refractivity contribution in [2.24, 2.45) is 5.92 Å². The lowest BCUT2D eigenvalue weighted by Crippen LogP contribution is -2.40. The third-order valence-electron chi connectivity index (χ3n) is 3.68. The molecule has 0 aromatic rings. The molecule has 1 heterocycles. The summed E-state index contributed by atoms with van der Waals surface area (Å²) in [6, 6.07) is -0.304. The Morgan fingerprint density at radius 1 is 1.26 bits per heavy atom. The van der Waals surface area contributed by atoms with Crippen molar-refractivity contribution in [3.05, 3.63) is 0 Å². The average molecular weight is 348 g/mol. The lowest BCUT2D eigenvalue weighted by atomic mass is 10.1. The molecule has 2 N–H and O–H groups in total. The Balaban J connectivity index is 2.15. The van der Waals surface area contributed by atoms with Gasteiger partial charge in [0.25, 0.3) is 0 Å². The van der Waals surface area contributed by atoms with Gasteiger partial charge in [-0.2, -0.15) is 0 Å². The number of sulfone groups is 1. The van der Waals surface area contributed by atoms with E-state index in [0.717, 1.165) is 6.42 Å². The van der Waals surface area contributed by atoms with Gasteiger partial charge in [-0.1, -0.05) is 13.8 Å². The number of amides is 2. The zero-order valence-corrected chi connectivity index (χ0v) is 14.9. The smallest absolute Gasteiger partial charge is 0.248 e. The maximum absolute atomic E-state index is 11.8. The lowest BCUT2D eigenvalue weighted by Gasteiger charge is -2.15. The summed E-state index contributed by atoms with van der Waals surface area (Å²) in [6.45, 7) is 6.59. The number of nitrogens with one attached hydrogen (secondary N) is 2. The minimum atomic E-state index is -3.00. The maximum atomic E-state index is 11.8. The summed E-state index contributed by atoms with van der Waals surface area (Å²) >= 11 is 0. The first kappa shape index (κ1) is 19.9. The molecule has 8 heteroatoms. The van der Waals surface area contributed by atoms with Crippen LogP contribution in [-0.4, -0.2) is 57.0 Å². The predicted molar refractivity (Wildman–Crippen MR) is 87.7 cm³/mol. The van der Waals surface area contributed by atoms with Crippen molar-refractivity contribution in [1.82, 2.24) is 10.6 Å². The van der Waals surface area contributed by atoms with E-state index in [4.69, 9.17) is 4.74 Å². The van der Waals surface area contributed by atoms with Crippen molar-refractivity contribution >= 4 is 21.7 Å². The molecule has 0 aliphatic carbocycles. The summed E-state index contributed by atoms with van der Waals surface area (Å²) in [5, 5.41) is 5.33. The maximum Gasteiger partial charge on any atom is 0.248 e. The summed E-state index contributed by atoms with van der Waals surface area (Å²) in [4.78, 5) is 23.5. The van der Waals surface area contributed by atoms with Crippen molar-refractivity contribution in [2.45, 2.75) is 52.2 Å². The molecule has 1 fully saturated rings. The SMILES string of the molecule is CC(C)CCO[C@@H](C)C(=O)NCCC(=O)N[C@@H]1CCS(=O)(=O)C1. The second-order valence-corrected chi connectivity index (χ2v) is 8.63. The van der Waals surface area contributed by atoms with Gasteiger partial charge in [0, 0.05) is 25.6 Å². The molecule has 0 unspecified atom stereocenters. The highest BCUT2D eigenvalue weighted by Crippen LogP contribution is 2.11. The zero-order valence-electron chi connectivity index (χ0n) is 14.1. The average Bonchev–Trinajstić information content (AvgIpc) is 2.77. The van der Waals surface area contributed by atoms with Crippen molar-refractivity contribution in [3.63, 3.8) is 0 Å². The van der Waals surface area contributed by atoms with E-state index in [0.29, 0.717) is 18.9 Å². The topological polar surface area (TPSA) is 102 Å². The van der Waals surface area contributed by atoms with Crippen LogP contribution in [0.5, 0.6) is 0 Å². The van der Waals surface area contributed by atoms with Crippen LogP contribution in [0, 0.1) is 5.92 Å². The Labute approximate surface area is 138 Å². The van der Waals surface area contributed by atoms with E-state index in [9.17, 15) is 18.0 Å². The fourth-order valence-corrected chi connectivity index (χ4v) is 3.88. The molecule has 7 nitrogen and oxygen atoms in total. The number of rotatable bonds is 9. The molecule has 23 heavy (non-hydrogen) atoms. The first-order valence-corrected chi connectivity index (χ1v) is 9.91. The summed E-state index contributed by atoms with van der Waals surface area (Å²) in [5.74, 6) is 0.158. The van der Waals surface area contributed by atoms with Gasteiger partial charge in [-0.3, -0.25) is 9.59 Å². The van der Waals surface area contributed by atoms with Gasteiger partial charge >= 0.3 is 0 Å². The highest BCUT2D eigenvalue weighted by Gasteiger charge is 2.28. The Morgan fingerprint density at radius 3 is 2.52 bits per heavy atom. The third kappa shape index (κ3) is 8.31. The van der Waals surface area contributed by atoms with Crippen LogP contribution in [0.1, 0.15) is 40.0 Å². The van der Waals surface area contributed by atoms with Crippen molar-refractivity contribution in [2.75, 3.05) is 24.7 Å². The van der Waals surface area contributed by atoms with Gasteiger partial charge in [-0.05, 0) is 25.7 Å². The largest absolute Gasteiger partial charge is 0.369 e. The standard InChI is InChI=1S/C15H28N2O5S/c1-11(2)5-8-22-12(3)15(19)16-7-4-14(18)17-13-6-9-23(20,21)10-13/h11-13H,4-10H2,1-3H3,(H,16,19)(H,17,18)/t12-,13+/m0/s1. The van der Waals surface area contributed by atoms with Crippen molar-refractivity contribution < 1.29 is 22.7 Å². The first-order valence-electron chi connectivity index (χ1n) is 8.08. The van der Waals surface area contributed by atoms with Gasteiger partial charge in [0.1, 0.15) is 6.10 Å². The quantitative estimate of drug-likeness (QED) is 0.622. The zero-order chi connectivity index (χ0) is 17.5. The molecule has 0 saturated carbocycles. The molecule has 2 atom stereocenters. The van der Waals surface area contributed by atoms with Crippen LogP contribution in [0.25, 0.3) is 0 Å². The molecular formula is C15H28N2O5S. The Kier molecular flexibility index (Phi) is 7.98. The molecule has 1 rings (SSSR count). The molecule has 0 bridgehead atoms. The minimum absolute atomic E-state index is 0.00578. The molecule has 1 aliphatic rings. The number of hydrogen-bond donors (Lipinski definition) is 2. The molecule has 134 valence electrons. The fourth-order valence-electron chi connectivity index (χ4n) is 2.21. The molecule has 1 saturated heterocycles. The van der Waals surface area contributed by atoms with E-state index < -0.39 is 15.9 Å². The second-order valence-electron chi connectivity index (χ2n) is 6.40.